The number of nitrogens with two attached hydrogens (primary N) is 1. The molecule has 4 atom stereocenters. The molecule has 0 amide bonds. The van der Waals surface area contributed by atoms with Crippen LogP contribution in [0, 0.1) is 5.92 Å². The largest absolute Gasteiger partial charge is 0.389 e. The lowest BCUT2D eigenvalue weighted by Crippen LogP contribution is -2.52. The fraction of sp³-hybridized carbons (Fsp3) is 0.455. The summed E-state index contributed by atoms with van der Waals surface area (Å²) in [7, 11) is 0. The Morgan fingerprint density at radius 1 is 0.684 bits per heavy atom. The monoisotopic (exact) mass is 517 g/mol. The zero-order chi connectivity index (χ0) is 26.4. The summed E-state index contributed by atoms with van der Waals surface area (Å²) >= 11 is 0. The van der Waals surface area contributed by atoms with Gasteiger partial charge in [0.1, 0.15) is 12.2 Å². The van der Waals surface area contributed by atoms with Crippen molar-refractivity contribution < 1.29 is 19.3 Å². The highest BCUT2D eigenvalue weighted by Crippen LogP contribution is 2.29. The van der Waals surface area contributed by atoms with Gasteiger partial charge in [0.2, 0.25) is 0 Å². The molecular formula is C33H43NO4. The van der Waals surface area contributed by atoms with Gasteiger partial charge in [-0.1, -0.05) is 123 Å². The van der Waals surface area contributed by atoms with Gasteiger partial charge in [-0.25, -0.2) is 0 Å². The smallest absolute Gasteiger partial charge is 0.114 e. The van der Waals surface area contributed by atoms with E-state index >= 15 is 0 Å². The maximum Gasteiger partial charge on any atom is 0.114 e. The Morgan fingerprint density at radius 2 is 1.18 bits per heavy atom. The van der Waals surface area contributed by atoms with Gasteiger partial charge in [0.15, 0.2) is 0 Å². The molecule has 5 nitrogen and oxygen atoms in total. The minimum atomic E-state index is -0.873. The maximum absolute atomic E-state index is 11.6. The summed E-state index contributed by atoms with van der Waals surface area (Å²) in [5.74, 6) is 0.557. The van der Waals surface area contributed by atoms with Crippen molar-refractivity contribution >= 4 is 0 Å². The van der Waals surface area contributed by atoms with Crippen LogP contribution in [-0.2, 0) is 34.0 Å². The van der Waals surface area contributed by atoms with Crippen molar-refractivity contribution in [1.82, 2.24) is 0 Å². The van der Waals surface area contributed by atoms with Crippen molar-refractivity contribution in [2.75, 3.05) is 6.61 Å². The Kier molecular flexibility index (Phi) is 11.8. The summed E-state index contributed by atoms with van der Waals surface area (Å²) in [6.07, 6.45) is 4.96. The number of aliphatic hydroxyl groups excluding tert-OH is 1. The average Bonchev–Trinajstić information content (AvgIpc) is 2.97. The number of ether oxygens (including phenoxy) is 3. The molecule has 0 bridgehead atoms. The second-order valence-corrected chi connectivity index (χ2v) is 10.5. The fourth-order valence-corrected chi connectivity index (χ4v) is 5.27. The van der Waals surface area contributed by atoms with Crippen LogP contribution in [0.15, 0.2) is 91.0 Å². The molecule has 38 heavy (non-hydrogen) atoms. The van der Waals surface area contributed by atoms with Gasteiger partial charge in [-0.05, 0) is 29.0 Å². The Labute approximate surface area is 227 Å². The van der Waals surface area contributed by atoms with Crippen LogP contribution in [0.5, 0.6) is 0 Å². The van der Waals surface area contributed by atoms with Gasteiger partial charge in [0, 0.05) is 6.04 Å². The second-order valence-electron chi connectivity index (χ2n) is 10.5. The molecule has 1 fully saturated rings. The van der Waals surface area contributed by atoms with Gasteiger partial charge in [-0.15, -0.1) is 0 Å². The molecule has 204 valence electrons. The van der Waals surface area contributed by atoms with Gasteiger partial charge in [0.05, 0.1) is 32.5 Å². The minimum Gasteiger partial charge on any atom is -0.389 e. The molecule has 0 heterocycles. The quantitative estimate of drug-likeness (QED) is 0.257. The van der Waals surface area contributed by atoms with Crippen LogP contribution in [0.2, 0.25) is 0 Å². The molecular weight excluding hydrogens is 474 g/mol. The summed E-state index contributed by atoms with van der Waals surface area (Å²) in [6.45, 7) is 1.51. The van der Waals surface area contributed by atoms with Crippen molar-refractivity contribution in [1.29, 1.82) is 0 Å². The van der Waals surface area contributed by atoms with E-state index in [0.717, 1.165) is 23.1 Å². The zero-order valence-electron chi connectivity index (χ0n) is 22.4. The minimum absolute atomic E-state index is 0.286. The number of aliphatic hydroxyl groups is 1. The Bertz CT molecular complexity index is 1010. The van der Waals surface area contributed by atoms with E-state index in [4.69, 9.17) is 19.9 Å². The molecule has 0 saturated heterocycles. The first-order chi connectivity index (χ1) is 18.7. The van der Waals surface area contributed by atoms with Crippen LogP contribution >= 0.6 is 0 Å². The van der Waals surface area contributed by atoms with E-state index in [2.05, 4.69) is 0 Å². The summed E-state index contributed by atoms with van der Waals surface area (Å²) in [6, 6.07) is 29.8. The van der Waals surface area contributed by atoms with Crippen LogP contribution < -0.4 is 5.73 Å². The van der Waals surface area contributed by atoms with E-state index in [1.54, 1.807) is 0 Å². The van der Waals surface area contributed by atoms with Crippen LogP contribution in [-0.4, -0.2) is 36.1 Å². The molecule has 0 spiro atoms. The molecule has 1 aliphatic rings. The molecule has 3 aromatic rings. The molecule has 3 N–H and O–H groups in total. The maximum atomic E-state index is 11.6. The molecule has 2 unspecified atom stereocenters. The summed E-state index contributed by atoms with van der Waals surface area (Å²) in [5.41, 5.74) is 9.84. The number of hydrogen-bond donors (Lipinski definition) is 2. The number of rotatable bonds is 15. The van der Waals surface area contributed by atoms with E-state index in [0.29, 0.717) is 25.7 Å². The third-order valence-electron chi connectivity index (χ3n) is 7.46. The van der Waals surface area contributed by atoms with Crippen molar-refractivity contribution in [3.05, 3.63) is 108 Å². The summed E-state index contributed by atoms with van der Waals surface area (Å²) < 4.78 is 19.0. The van der Waals surface area contributed by atoms with Crippen LogP contribution in [0.4, 0.5) is 0 Å². The average molecular weight is 518 g/mol. The van der Waals surface area contributed by atoms with E-state index < -0.39 is 24.4 Å². The fourth-order valence-electron chi connectivity index (χ4n) is 5.27. The predicted molar refractivity (Wildman–Crippen MR) is 151 cm³/mol. The van der Waals surface area contributed by atoms with Gasteiger partial charge < -0.3 is 25.1 Å². The first-order valence-electron chi connectivity index (χ1n) is 14.1. The highest BCUT2D eigenvalue weighted by atomic mass is 16.6. The van der Waals surface area contributed by atoms with E-state index in [1.165, 1.54) is 32.1 Å². The number of hydrogen-bond acceptors (Lipinski definition) is 5. The van der Waals surface area contributed by atoms with Gasteiger partial charge in [0.25, 0.3) is 0 Å². The molecule has 0 aliphatic heterocycles. The van der Waals surface area contributed by atoms with Crippen LogP contribution in [0.3, 0.4) is 0 Å². The molecule has 3 aromatic carbocycles. The van der Waals surface area contributed by atoms with Gasteiger partial charge in [-0.2, -0.15) is 0 Å². The van der Waals surface area contributed by atoms with Gasteiger partial charge in [-0.3, -0.25) is 0 Å². The van der Waals surface area contributed by atoms with E-state index in [-0.39, 0.29) is 6.61 Å². The lowest BCUT2D eigenvalue weighted by Gasteiger charge is -2.35. The lowest BCUT2D eigenvalue weighted by atomic mass is 9.83. The lowest BCUT2D eigenvalue weighted by molar-refractivity contribution is -0.157. The molecule has 1 aliphatic carbocycles. The van der Waals surface area contributed by atoms with Crippen LogP contribution in [0.25, 0.3) is 0 Å². The summed E-state index contributed by atoms with van der Waals surface area (Å²) in [5, 5.41) is 11.6. The first-order valence-corrected chi connectivity index (χ1v) is 14.1. The van der Waals surface area contributed by atoms with Crippen molar-refractivity contribution in [2.24, 2.45) is 11.7 Å². The molecule has 0 radical (unpaired) electrons. The normalized spacial score (nSPS) is 17.5. The van der Waals surface area contributed by atoms with Crippen molar-refractivity contribution in [3.63, 3.8) is 0 Å². The van der Waals surface area contributed by atoms with Gasteiger partial charge >= 0.3 is 0 Å². The van der Waals surface area contributed by atoms with E-state index in [1.807, 2.05) is 91.0 Å². The number of benzene rings is 3. The molecule has 5 heteroatoms. The molecule has 1 saturated carbocycles. The first kappa shape index (κ1) is 28.5. The van der Waals surface area contributed by atoms with E-state index in [9.17, 15) is 5.11 Å². The molecule has 4 rings (SSSR count). The predicted octanol–water partition coefficient (Wildman–Crippen LogP) is 6.03. The summed E-state index contributed by atoms with van der Waals surface area (Å²) in [4.78, 5) is 0. The highest BCUT2D eigenvalue weighted by molar-refractivity contribution is 5.15. The Balaban J connectivity index is 1.48. The third-order valence-corrected chi connectivity index (χ3v) is 7.46. The Morgan fingerprint density at radius 3 is 1.74 bits per heavy atom. The topological polar surface area (TPSA) is 73.9 Å². The zero-order valence-corrected chi connectivity index (χ0v) is 22.4. The molecule has 0 aromatic heterocycles. The van der Waals surface area contributed by atoms with Crippen molar-refractivity contribution in [2.45, 2.75) is 82.7 Å². The third kappa shape index (κ3) is 9.33. The Hall–Kier alpha value is -2.54. The second kappa shape index (κ2) is 15.8. The van der Waals surface area contributed by atoms with Crippen molar-refractivity contribution in [3.8, 4) is 0 Å². The van der Waals surface area contributed by atoms with Crippen LogP contribution in [0.1, 0.15) is 55.2 Å². The SMILES string of the molecule is N[C@@H](CC1CCCCC1)[C@@H](O)C(OCc1ccccc1)C(COCc1ccccc1)OCc1ccccc1. The highest BCUT2D eigenvalue weighted by Gasteiger charge is 2.35. The standard InChI is InChI=1S/C33H43NO4/c34-30(21-26-13-5-1-6-14-26)32(35)33(38-24-29-19-11-4-12-20-29)31(37-23-28-17-9-3-10-18-28)25-36-22-27-15-7-2-8-16-27/h2-4,7-12,15-20,26,30-33,35H,1,5-6,13-14,21-25,34H2/t30-,31?,32+,33?/m0/s1.